The Morgan fingerprint density at radius 3 is 2.43 bits per heavy atom. The highest BCUT2D eigenvalue weighted by molar-refractivity contribution is 5.94. The number of carbonyl (C=O) groups excluding carboxylic acids is 3. The van der Waals surface area contributed by atoms with Gasteiger partial charge in [-0.25, -0.2) is 4.79 Å². The van der Waals surface area contributed by atoms with E-state index in [4.69, 9.17) is 29.4 Å². The maximum atomic E-state index is 13.6. The number of esters is 1. The second-order valence-corrected chi connectivity index (χ2v) is 15.7. The van der Waals surface area contributed by atoms with Crippen molar-refractivity contribution >= 4 is 17.8 Å². The molecule has 12 nitrogen and oxygen atoms in total. The Balaban J connectivity index is 1.94. The summed E-state index contributed by atoms with van der Waals surface area (Å²) in [6.45, 7) is 16.9. The van der Waals surface area contributed by atoms with Crippen molar-refractivity contribution in [1.82, 2.24) is 0 Å². The van der Waals surface area contributed by atoms with E-state index in [1.807, 2.05) is 79.7 Å². The molecule has 0 aromatic heterocycles. The van der Waals surface area contributed by atoms with Crippen molar-refractivity contribution in [3.05, 3.63) is 47.1 Å². The number of ether oxygens (including phenoxy) is 5. The Morgan fingerprint density at radius 2 is 1.77 bits per heavy atom. The quantitative estimate of drug-likeness (QED) is 0.124. The van der Waals surface area contributed by atoms with Crippen LogP contribution in [0.5, 0.6) is 0 Å². The number of rotatable bonds is 9. The summed E-state index contributed by atoms with van der Waals surface area (Å²) in [5, 5.41) is 33.8. The van der Waals surface area contributed by atoms with Gasteiger partial charge in [0.2, 0.25) is 0 Å². The van der Waals surface area contributed by atoms with E-state index in [1.54, 1.807) is 6.92 Å². The SMILES string of the molecule is CCC(=O)/C(C)=C/[C@@H](C)C[C@H](C)[C@H]1OC(=O)C[C@@]2(O)CC=C(C)[C@H](O2)/C(C)=C/CCC[C@@H](O[C@@H]2C[C@H](OC(N)=O)[C@H](O)[C@H](C)O2)/C=C/[C@@H](C)[C@@H](O)[C@H]1C. The van der Waals surface area contributed by atoms with Crippen LogP contribution in [0.25, 0.3) is 0 Å². The molecule has 3 aliphatic rings. The van der Waals surface area contributed by atoms with Crippen LogP contribution in [0, 0.1) is 23.7 Å². The first-order chi connectivity index (χ1) is 24.8. The number of cyclic esters (lactones) is 1. The van der Waals surface area contributed by atoms with E-state index in [1.165, 1.54) is 0 Å². The van der Waals surface area contributed by atoms with Crippen LogP contribution >= 0.6 is 0 Å². The third-order valence-electron chi connectivity index (χ3n) is 10.8. The van der Waals surface area contributed by atoms with Crippen LogP contribution in [0.4, 0.5) is 4.79 Å². The molecule has 0 aromatic carbocycles. The van der Waals surface area contributed by atoms with Gasteiger partial charge in [0.05, 0.1) is 24.7 Å². The summed E-state index contributed by atoms with van der Waals surface area (Å²) < 4.78 is 29.8. The second-order valence-electron chi connectivity index (χ2n) is 15.7. The minimum Gasteiger partial charge on any atom is -0.462 e. The minimum atomic E-state index is -1.76. The van der Waals surface area contributed by atoms with E-state index in [2.05, 4.69) is 6.08 Å². The summed E-state index contributed by atoms with van der Waals surface area (Å²) in [5.41, 5.74) is 7.78. The first kappa shape index (κ1) is 44.5. The number of nitrogens with two attached hydrogens (primary N) is 1. The predicted octanol–water partition coefficient (Wildman–Crippen LogP) is 5.96. The van der Waals surface area contributed by atoms with Crippen LogP contribution in [0.1, 0.15) is 114 Å². The highest BCUT2D eigenvalue weighted by atomic mass is 16.7. The van der Waals surface area contributed by atoms with Crippen LogP contribution in [0.15, 0.2) is 47.1 Å². The zero-order chi connectivity index (χ0) is 39.6. The first-order valence-electron chi connectivity index (χ1n) is 19.3. The topological polar surface area (TPSA) is 184 Å². The summed E-state index contributed by atoms with van der Waals surface area (Å²) in [5.74, 6) is -3.42. The summed E-state index contributed by atoms with van der Waals surface area (Å²) in [6.07, 6.45) is 5.49. The molecule has 1 amide bonds. The molecule has 0 spiro atoms. The molecule has 1 fully saturated rings. The number of hydrogen-bond acceptors (Lipinski definition) is 11. The van der Waals surface area contributed by atoms with Crippen LogP contribution in [0.2, 0.25) is 0 Å². The lowest BCUT2D eigenvalue weighted by Crippen LogP contribution is -2.50. The summed E-state index contributed by atoms with van der Waals surface area (Å²) in [6, 6.07) is 0. The Morgan fingerprint density at radius 1 is 1.09 bits per heavy atom. The van der Waals surface area contributed by atoms with E-state index in [9.17, 15) is 29.7 Å². The molecule has 1 saturated heterocycles. The number of amides is 1. The van der Waals surface area contributed by atoms with Crippen LogP contribution in [-0.4, -0.2) is 88.0 Å². The summed E-state index contributed by atoms with van der Waals surface area (Å²) in [4.78, 5) is 37.4. The molecule has 2 bridgehead atoms. The van der Waals surface area contributed by atoms with Gasteiger partial charge in [-0.3, -0.25) is 9.59 Å². The van der Waals surface area contributed by atoms with Gasteiger partial charge in [-0.2, -0.15) is 0 Å². The average Bonchev–Trinajstić information content (AvgIpc) is 3.08. The van der Waals surface area contributed by atoms with Gasteiger partial charge < -0.3 is 44.7 Å². The third-order valence-corrected chi connectivity index (χ3v) is 10.8. The smallest absolute Gasteiger partial charge is 0.404 e. The number of hydrogen-bond donors (Lipinski definition) is 4. The Kier molecular flexibility index (Phi) is 16.9. The van der Waals surface area contributed by atoms with Gasteiger partial charge >= 0.3 is 12.1 Å². The third kappa shape index (κ3) is 13.1. The van der Waals surface area contributed by atoms with Crippen molar-refractivity contribution in [3.63, 3.8) is 0 Å². The summed E-state index contributed by atoms with van der Waals surface area (Å²) >= 11 is 0. The molecule has 300 valence electrons. The summed E-state index contributed by atoms with van der Waals surface area (Å²) in [7, 11) is 0. The van der Waals surface area contributed by atoms with E-state index in [0.717, 1.165) is 11.1 Å². The fourth-order valence-corrected chi connectivity index (χ4v) is 7.71. The molecule has 3 heterocycles. The largest absolute Gasteiger partial charge is 0.462 e. The number of carbonyl (C=O) groups is 3. The van der Waals surface area contributed by atoms with E-state index < -0.39 is 72.8 Å². The number of aliphatic hydroxyl groups excluding tert-OH is 2. The van der Waals surface area contributed by atoms with E-state index in [0.29, 0.717) is 37.7 Å². The van der Waals surface area contributed by atoms with Crippen molar-refractivity contribution in [2.75, 3.05) is 0 Å². The van der Waals surface area contributed by atoms with Crippen LogP contribution in [-0.2, 0) is 33.3 Å². The fourth-order valence-electron chi connectivity index (χ4n) is 7.71. The highest BCUT2D eigenvalue weighted by Crippen LogP contribution is 2.35. The minimum absolute atomic E-state index is 0.000108. The lowest BCUT2D eigenvalue weighted by atomic mass is 9.80. The second kappa shape index (κ2) is 20.2. The number of ketones is 1. The molecule has 13 atom stereocenters. The number of fused-ring (bicyclic) bond motifs is 2. The maximum Gasteiger partial charge on any atom is 0.404 e. The molecular weight excluding hydrogens is 682 g/mol. The maximum absolute atomic E-state index is 13.6. The molecule has 5 N–H and O–H groups in total. The molecule has 0 unspecified atom stereocenters. The zero-order valence-electron chi connectivity index (χ0n) is 33.2. The molecule has 0 saturated carbocycles. The van der Waals surface area contributed by atoms with Crippen LogP contribution < -0.4 is 5.73 Å². The van der Waals surface area contributed by atoms with Gasteiger partial charge in [-0.05, 0) is 81.9 Å². The van der Waals surface area contributed by atoms with Crippen molar-refractivity contribution in [3.8, 4) is 0 Å². The molecule has 12 heteroatoms. The molecular formula is C41H65NO11. The monoisotopic (exact) mass is 747 g/mol. The van der Waals surface area contributed by atoms with E-state index in [-0.39, 0.29) is 42.8 Å². The van der Waals surface area contributed by atoms with Gasteiger partial charge in [-0.1, -0.05) is 65.0 Å². The van der Waals surface area contributed by atoms with Gasteiger partial charge in [0, 0.05) is 31.1 Å². The van der Waals surface area contributed by atoms with E-state index >= 15 is 0 Å². The zero-order valence-corrected chi connectivity index (χ0v) is 33.2. The van der Waals surface area contributed by atoms with Gasteiger partial charge in [-0.15, -0.1) is 0 Å². The average molecular weight is 748 g/mol. The highest BCUT2D eigenvalue weighted by Gasteiger charge is 2.41. The lowest BCUT2D eigenvalue weighted by Gasteiger charge is -2.38. The molecule has 0 aliphatic carbocycles. The van der Waals surface area contributed by atoms with Crippen molar-refractivity contribution in [1.29, 1.82) is 0 Å². The molecule has 3 rings (SSSR count). The van der Waals surface area contributed by atoms with Gasteiger partial charge in [0.25, 0.3) is 0 Å². The van der Waals surface area contributed by atoms with Crippen molar-refractivity contribution in [2.24, 2.45) is 29.4 Å². The van der Waals surface area contributed by atoms with Gasteiger partial charge in [0.15, 0.2) is 17.9 Å². The van der Waals surface area contributed by atoms with Gasteiger partial charge in [0.1, 0.15) is 24.4 Å². The normalized spacial score (nSPS) is 38.1. The number of aliphatic hydroxyl groups is 3. The predicted molar refractivity (Wildman–Crippen MR) is 200 cm³/mol. The number of Topliss-reactive ketones (excluding diaryl/α,β-unsaturated/α-hetero) is 1. The number of primary amides is 1. The fraction of sp³-hybridized carbons (Fsp3) is 0.732. The van der Waals surface area contributed by atoms with Crippen molar-refractivity contribution < 1.29 is 53.4 Å². The number of allylic oxidation sites excluding steroid dienone is 3. The van der Waals surface area contributed by atoms with Crippen molar-refractivity contribution in [2.45, 2.75) is 168 Å². The first-order valence-corrected chi connectivity index (χ1v) is 19.3. The Labute approximate surface area is 315 Å². The Bertz CT molecular complexity index is 1370. The molecule has 0 radical (unpaired) electrons. The molecule has 0 aromatic rings. The lowest BCUT2D eigenvalue weighted by molar-refractivity contribution is -0.254. The van der Waals surface area contributed by atoms with Crippen LogP contribution in [0.3, 0.4) is 0 Å². The molecule has 3 aliphatic heterocycles. The molecule has 53 heavy (non-hydrogen) atoms. The Hall–Kier alpha value is -2.87. The standard InChI is InChI=1S/C41H65NO11/c1-10-32(43)27(6)19-23(2)20-28(7)39-29(8)36(45)24(3)15-16-31(50-35-21-33(51-40(42)47)37(46)30(9)49-35)14-12-11-13-25(4)38-26(5)17-18-41(48,53-38)22-34(44)52-39/h13,15-17,19,23-24,28-31,33,35-39,45-46,48H,10-12,14,18,20-22H2,1-9H3,(H2,42,47)/b16-15+,25-13+,27-19+/t23-,24-,28+,29-,30+,31-,33+,35-,36-,37-,38-,39-,41-/m1/s1.